The van der Waals surface area contributed by atoms with Gasteiger partial charge in [0, 0.05) is 0 Å². The Labute approximate surface area is 113 Å². The van der Waals surface area contributed by atoms with E-state index in [-0.39, 0.29) is 5.82 Å². The number of rotatable bonds is 4. The van der Waals surface area contributed by atoms with E-state index in [9.17, 15) is 13.2 Å². The second-order valence-corrected chi connectivity index (χ2v) is 5.73. The van der Waals surface area contributed by atoms with Crippen LogP contribution in [0.15, 0.2) is 22.8 Å². The molecule has 0 aliphatic carbocycles. The molecule has 9 heteroatoms. The number of ether oxygens (including phenoxy) is 1. The summed E-state index contributed by atoms with van der Waals surface area (Å²) < 4.78 is 31.9. The number of nitrogens with one attached hydrogen (secondary N) is 2. The summed E-state index contributed by atoms with van der Waals surface area (Å²) in [5.41, 5.74) is 0. The number of nitrogens with zero attached hydrogens (tertiary/aromatic N) is 1. The fourth-order valence-corrected chi connectivity index (χ4v) is 2.03. The van der Waals surface area contributed by atoms with Crippen molar-refractivity contribution in [1.82, 2.24) is 9.71 Å². The van der Waals surface area contributed by atoms with Crippen LogP contribution >= 0.6 is 15.9 Å². The van der Waals surface area contributed by atoms with Crippen molar-refractivity contribution in [3.05, 3.63) is 22.8 Å². The lowest BCUT2D eigenvalue weighted by molar-refractivity contribution is 0.121. The maximum atomic E-state index is 11.5. The zero-order valence-corrected chi connectivity index (χ0v) is 12.1. The normalized spacial score (nSPS) is 11.1. The standard InChI is InChI=1S/C9H12BrN3O4S/c1-6(2)17-9(14)13-18(15,16)12-8-5-3-4-7(10)11-8/h3-6H,1-2H3,(H,11,12)(H,13,14). The number of halogens is 1. The molecular weight excluding hydrogens is 326 g/mol. The topological polar surface area (TPSA) is 97.4 Å². The summed E-state index contributed by atoms with van der Waals surface area (Å²) in [6.07, 6.45) is -1.46. The van der Waals surface area contributed by atoms with Crippen molar-refractivity contribution in [2.45, 2.75) is 20.0 Å². The van der Waals surface area contributed by atoms with Crippen molar-refractivity contribution in [1.29, 1.82) is 0 Å². The predicted octanol–water partition coefficient (Wildman–Crippen LogP) is 1.64. The Bertz CT molecular complexity index is 532. The average molecular weight is 338 g/mol. The van der Waals surface area contributed by atoms with Gasteiger partial charge in [0.25, 0.3) is 0 Å². The third-order valence-corrected chi connectivity index (χ3v) is 2.87. The van der Waals surface area contributed by atoms with Gasteiger partial charge in [0.1, 0.15) is 10.4 Å². The number of anilines is 1. The van der Waals surface area contributed by atoms with E-state index in [0.29, 0.717) is 4.60 Å². The minimum atomic E-state index is -4.05. The van der Waals surface area contributed by atoms with Crippen LogP contribution in [0, 0.1) is 0 Å². The van der Waals surface area contributed by atoms with Gasteiger partial charge in [-0.15, -0.1) is 0 Å². The van der Waals surface area contributed by atoms with Crippen LogP contribution < -0.4 is 9.44 Å². The fraction of sp³-hybridized carbons (Fsp3) is 0.333. The number of carbonyl (C=O) groups is 1. The van der Waals surface area contributed by atoms with Crippen LogP contribution in [0.3, 0.4) is 0 Å². The lowest BCUT2D eigenvalue weighted by atomic mass is 10.5. The molecule has 1 heterocycles. The van der Waals surface area contributed by atoms with Gasteiger partial charge < -0.3 is 4.74 Å². The number of pyridine rings is 1. The van der Waals surface area contributed by atoms with E-state index in [0.717, 1.165) is 0 Å². The van der Waals surface area contributed by atoms with Crippen LogP contribution in [-0.4, -0.2) is 25.6 Å². The molecule has 1 amide bonds. The Morgan fingerprint density at radius 3 is 2.67 bits per heavy atom. The second kappa shape index (κ2) is 6.01. The van der Waals surface area contributed by atoms with Crippen molar-refractivity contribution in [3.8, 4) is 0 Å². The Hall–Kier alpha value is -1.35. The molecule has 7 nitrogen and oxygen atoms in total. The maximum absolute atomic E-state index is 11.5. The minimum Gasteiger partial charge on any atom is -0.446 e. The van der Waals surface area contributed by atoms with Crippen LogP contribution in [-0.2, 0) is 14.9 Å². The first kappa shape index (κ1) is 14.7. The van der Waals surface area contributed by atoms with Crippen molar-refractivity contribution < 1.29 is 17.9 Å². The van der Waals surface area contributed by atoms with Crippen molar-refractivity contribution in [2.75, 3.05) is 4.72 Å². The van der Waals surface area contributed by atoms with Gasteiger partial charge in [0.15, 0.2) is 0 Å². The molecule has 0 unspecified atom stereocenters. The lowest BCUT2D eigenvalue weighted by Gasteiger charge is -2.11. The summed E-state index contributed by atoms with van der Waals surface area (Å²) in [6.45, 7) is 3.21. The molecule has 0 aromatic carbocycles. The Morgan fingerprint density at radius 2 is 2.11 bits per heavy atom. The molecule has 1 aromatic rings. The number of hydrogen-bond acceptors (Lipinski definition) is 5. The predicted molar refractivity (Wildman–Crippen MR) is 69.2 cm³/mol. The van der Waals surface area contributed by atoms with Gasteiger partial charge in [-0.25, -0.2) is 14.5 Å². The summed E-state index contributed by atoms with van der Waals surface area (Å²) in [5, 5.41) is 0. The molecule has 100 valence electrons. The average Bonchev–Trinajstić information content (AvgIpc) is 2.13. The van der Waals surface area contributed by atoms with Gasteiger partial charge in [0.05, 0.1) is 6.10 Å². The van der Waals surface area contributed by atoms with Gasteiger partial charge in [-0.05, 0) is 41.9 Å². The summed E-state index contributed by atoms with van der Waals surface area (Å²) in [6, 6.07) is 4.68. The van der Waals surface area contributed by atoms with Crippen LogP contribution in [0.4, 0.5) is 10.6 Å². The summed E-state index contributed by atoms with van der Waals surface area (Å²) >= 11 is 3.10. The molecule has 0 bridgehead atoms. The van der Waals surface area contributed by atoms with E-state index in [1.807, 2.05) is 0 Å². The van der Waals surface area contributed by atoms with Crippen LogP contribution in [0.1, 0.15) is 13.8 Å². The van der Waals surface area contributed by atoms with E-state index < -0.39 is 22.4 Å². The zero-order chi connectivity index (χ0) is 13.8. The van der Waals surface area contributed by atoms with Gasteiger partial charge >= 0.3 is 16.3 Å². The molecule has 0 radical (unpaired) electrons. The third-order valence-electron chi connectivity index (χ3n) is 1.51. The molecule has 1 aromatic heterocycles. The first-order valence-corrected chi connectivity index (χ1v) is 7.20. The smallest absolute Gasteiger partial charge is 0.422 e. The molecule has 0 aliphatic rings. The van der Waals surface area contributed by atoms with Gasteiger partial charge in [-0.1, -0.05) is 6.07 Å². The quantitative estimate of drug-likeness (QED) is 0.814. The van der Waals surface area contributed by atoms with Crippen LogP contribution in [0.5, 0.6) is 0 Å². The molecule has 0 spiro atoms. The maximum Gasteiger partial charge on any atom is 0.422 e. The molecular formula is C9H12BrN3O4S. The molecule has 2 N–H and O–H groups in total. The van der Waals surface area contributed by atoms with Gasteiger partial charge in [-0.3, -0.25) is 4.72 Å². The minimum absolute atomic E-state index is 0.0780. The van der Waals surface area contributed by atoms with Crippen LogP contribution in [0.25, 0.3) is 0 Å². The highest BCUT2D eigenvalue weighted by atomic mass is 79.9. The van der Waals surface area contributed by atoms with Crippen molar-refractivity contribution >= 4 is 38.1 Å². The second-order valence-electron chi connectivity index (χ2n) is 3.51. The van der Waals surface area contributed by atoms with E-state index in [1.54, 1.807) is 30.7 Å². The third kappa shape index (κ3) is 5.32. The number of aromatic nitrogens is 1. The summed E-state index contributed by atoms with van der Waals surface area (Å²) in [7, 11) is -4.05. The lowest BCUT2D eigenvalue weighted by Crippen LogP contribution is -2.37. The highest BCUT2D eigenvalue weighted by Gasteiger charge is 2.16. The molecule has 0 fully saturated rings. The molecule has 0 atom stereocenters. The molecule has 1 rings (SSSR count). The van der Waals surface area contributed by atoms with E-state index in [4.69, 9.17) is 0 Å². The largest absolute Gasteiger partial charge is 0.446 e. The molecule has 0 saturated heterocycles. The zero-order valence-electron chi connectivity index (χ0n) is 9.68. The van der Waals surface area contributed by atoms with Gasteiger partial charge in [-0.2, -0.15) is 8.42 Å². The molecule has 18 heavy (non-hydrogen) atoms. The highest BCUT2D eigenvalue weighted by molar-refractivity contribution is 9.10. The van der Waals surface area contributed by atoms with Crippen molar-refractivity contribution in [3.63, 3.8) is 0 Å². The Kier molecular flexibility index (Phi) is 4.91. The Morgan fingerprint density at radius 1 is 1.44 bits per heavy atom. The van der Waals surface area contributed by atoms with Crippen molar-refractivity contribution in [2.24, 2.45) is 0 Å². The van der Waals surface area contributed by atoms with Gasteiger partial charge in [0.2, 0.25) is 0 Å². The van der Waals surface area contributed by atoms with Crippen LogP contribution in [0.2, 0.25) is 0 Å². The fourth-order valence-electron chi connectivity index (χ4n) is 0.976. The first-order chi connectivity index (χ1) is 8.28. The summed E-state index contributed by atoms with van der Waals surface area (Å²) in [5.74, 6) is 0.0780. The monoisotopic (exact) mass is 337 g/mol. The van der Waals surface area contributed by atoms with E-state index >= 15 is 0 Å². The SMILES string of the molecule is CC(C)OC(=O)NS(=O)(=O)Nc1cccc(Br)n1. The first-order valence-electron chi connectivity index (χ1n) is 4.92. The highest BCUT2D eigenvalue weighted by Crippen LogP contribution is 2.10. The number of carbonyl (C=O) groups excluding carboxylic acids is 1. The molecule has 0 saturated carbocycles. The number of hydrogen-bond donors (Lipinski definition) is 2. The molecule has 0 aliphatic heterocycles. The number of amides is 1. The Balaban J connectivity index is 2.68. The van der Waals surface area contributed by atoms with E-state index in [2.05, 4.69) is 30.4 Å². The summed E-state index contributed by atoms with van der Waals surface area (Å²) in [4.78, 5) is 15.0. The van der Waals surface area contributed by atoms with E-state index in [1.165, 1.54) is 6.07 Å².